The first-order chi connectivity index (χ1) is 31.6. The Morgan fingerprint density at radius 3 is 1.32 bits per heavy atom. The minimum atomic E-state index is -0.414. The van der Waals surface area contributed by atoms with Gasteiger partial charge in [0, 0.05) is 32.3 Å². The highest BCUT2D eigenvalue weighted by molar-refractivity contribution is 6.11. The molecule has 0 spiro atoms. The summed E-state index contributed by atoms with van der Waals surface area (Å²) in [7, 11) is 0. The molecule has 0 aliphatic rings. The second kappa shape index (κ2) is 12.3. The van der Waals surface area contributed by atoms with Gasteiger partial charge in [-0.25, -0.2) is 0 Å². The number of hydrogen-bond donors (Lipinski definition) is 0. The van der Waals surface area contributed by atoms with Gasteiger partial charge in [-0.2, -0.15) is 15.0 Å². The number of fused-ring (bicyclic) bond motifs is 9. The van der Waals surface area contributed by atoms with Crippen LogP contribution in [0.1, 0.15) is 11.0 Å². The molecule has 0 aliphatic heterocycles. The molecule has 0 N–H and O–H groups in total. The summed E-state index contributed by atoms with van der Waals surface area (Å²) in [5.41, 5.74) is 6.35. The van der Waals surface area contributed by atoms with E-state index < -0.39 is 12.1 Å². The van der Waals surface area contributed by atoms with Crippen molar-refractivity contribution < 1.29 is 11.0 Å². The van der Waals surface area contributed by atoms with Crippen molar-refractivity contribution in [3.8, 4) is 40.1 Å². The fraction of sp³-hybridized carbons (Fsp3) is 0. The molecule has 0 amide bonds. The van der Waals surface area contributed by atoms with Crippen molar-refractivity contribution in [1.29, 1.82) is 0 Å². The number of rotatable bonds is 5. The van der Waals surface area contributed by atoms with Crippen LogP contribution in [0.5, 0.6) is 0 Å². The summed E-state index contributed by atoms with van der Waals surface area (Å²) >= 11 is 0. The van der Waals surface area contributed by atoms with Crippen molar-refractivity contribution in [1.82, 2.24) is 28.7 Å². The summed E-state index contributed by atoms with van der Waals surface area (Å²) in [5.74, 6) is 0.271. The molecular weight excluding hydrogens is 697 g/mol. The van der Waals surface area contributed by atoms with E-state index in [9.17, 15) is 2.74 Å². The Balaban J connectivity index is 1.30. The maximum Gasteiger partial charge on any atom is 0.240 e. The molecular formula is C51H32N6. The van der Waals surface area contributed by atoms with Gasteiger partial charge in [0.15, 0.2) is 5.82 Å². The van der Waals surface area contributed by atoms with Crippen LogP contribution in [-0.2, 0) is 0 Å². The van der Waals surface area contributed by atoms with Gasteiger partial charge in [-0.15, -0.1) is 0 Å². The summed E-state index contributed by atoms with van der Waals surface area (Å²) in [6.45, 7) is 0. The summed E-state index contributed by atoms with van der Waals surface area (Å²) in [4.78, 5) is 15.9. The van der Waals surface area contributed by atoms with Gasteiger partial charge in [0.05, 0.1) is 55.3 Å². The van der Waals surface area contributed by atoms with E-state index in [0.717, 1.165) is 38.6 Å². The molecule has 0 aliphatic carbocycles. The molecule has 4 aromatic heterocycles. The van der Waals surface area contributed by atoms with Crippen LogP contribution in [0.2, 0.25) is 0 Å². The molecule has 6 heteroatoms. The van der Waals surface area contributed by atoms with E-state index in [2.05, 4.69) is 28.8 Å². The van der Waals surface area contributed by atoms with E-state index in [0.29, 0.717) is 38.1 Å². The molecule has 0 atom stereocenters. The van der Waals surface area contributed by atoms with Crippen molar-refractivity contribution in [2.45, 2.75) is 0 Å². The molecule has 12 aromatic rings. The van der Waals surface area contributed by atoms with Crippen LogP contribution in [0.15, 0.2) is 194 Å². The van der Waals surface area contributed by atoms with Crippen molar-refractivity contribution in [2.24, 2.45) is 0 Å². The predicted molar refractivity (Wildman–Crippen MR) is 234 cm³/mol. The summed E-state index contributed by atoms with van der Waals surface area (Å²) < 4.78 is 77.3. The van der Waals surface area contributed by atoms with Crippen molar-refractivity contribution >= 4 is 65.4 Å². The first-order valence-electron chi connectivity index (χ1n) is 22.6. The quantitative estimate of drug-likeness (QED) is 0.177. The van der Waals surface area contributed by atoms with Crippen LogP contribution in [0, 0.1) is 0 Å². The van der Waals surface area contributed by atoms with Crippen LogP contribution in [0.3, 0.4) is 0 Å². The first kappa shape index (κ1) is 24.6. The van der Waals surface area contributed by atoms with E-state index in [4.69, 9.17) is 23.2 Å². The van der Waals surface area contributed by atoms with Gasteiger partial charge in [-0.05, 0) is 53.5 Å². The maximum absolute atomic E-state index is 9.32. The molecule has 266 valence electrons. The standard InChI is InChI=1S/C51H32N6/c1-2-17-33(18-3-1)34-25-16-32-47(55-41-26-10-4-19-35(41)36-20-5-11-27-42(36)55)48(34)49-52-50(56-43-28-12-6-21-37(43)38-22-7-13-29-44(38)56)54-51(53-49)57-45-30-14-8-23-39(45)40-24-9-15-31-46(40)57/h1-32H/i6D,8D,12D,14D,21D,23D,28D,30D. The molecule has 57 heavy (non-hydrogen) atoms. The third-order valence-corrected chi connectivity index (χ3v) is 10.8. The van der Waals surface area contributed by atoms with Crippen molar-refractivity contribution in [2.75, 3.05) is 0 Å². The zero-order chi connectivity index (χ0) is 44.4. The fourth-order valence-corrected chi connectivity index (χ4v) is 8.42. The second-order valence-electron chi connectivity index (χ2n) is 13.8. The predicted octanol–water partition coefficient (Wildman–Crippen LogP) is 12.5. The Bertz CT molecular complexity index is 3800. The lowest BCUT2D eigenvalue weighted by Gasteiger charge is -2.19. The van der Waals surface area contributed by atoms with Gasteiger partial charge in [-0.1, -0.05) is 152 Å². The number of aromatic nitrogens is 6. The van der Waals surface area contributed by atoms with E-state index in [1.54, 1.807) is 9.13 Å². The zero-order valence-electron chi connectivity index (χ0n) is 38.0. The van der Waals surface area contributed by atoms with Crippen LogP contribution < -0.4 is 0 Å². The Morgan fingerprint density at radius 2 is 0.789 bits per heavy atom. The number of hydrogen-bond acceptors (Lipinski definition) is 3. The molecule has 0 saturated heterocycles. The highest BCUT2D eigenvalue weighted by Gasteiger charge is 2.25. The molecule has 0 radical (unpaired) electrons. The van der Waals surface area contributed by atoms with Gasteiger partial charge in [-0.3, -0.25) is 9.13 Å². The maximum atomic E-state index is 9.32. The fourth-order valence-electron chi connectivity index (χ4n) is 8.42. The smallest absolute Gasteiger partial charge is 0.240 e. The van der Waals surface area contributed by atoms with Gasteiger partial charge in [0.2, 0.25) is 11.9 Å². The minimum absolute atomic E-state index is 0.0315. The molecule has 6 nitrogen and oxygen atoms in total. The Labute approximate surface area is 338 Å². The SMILES string of the molecule is [2H]c1c([2H])c([2H])c2c(c1[2H])c1ccccc1n2-c1nc(-c2c(-c3ccccc3)cccc2-n2c3ccccc3c3ccccc32)nc(-n2c3ccccc3c3c([2H])c([2H])c([2H])c([2H])c32)n1. The summed E-state index contributed by atoms with van der Waals surface area (Å²) in [5, 5.41) is 3.85. The van der Waals surface area contributed by atoms with Crippen LogP contribution >= 0.6 is 0 Å². The molecule has 12 rings (SSSR count). The monoisotopic (exact) mass is 736 g/mol. The number of nitrogens with zero attached hydrogens (tertiary/aromatic N) is 6. The molecule has 4 heterocycles. The third kappa shape index (κ3) is 4.68. The Kier molecular flexibility index (Phi) is 5.32. The molecule has 0 fully saturated rings. The van der Waals surface area contributed by atoms with E-state index in [1.807, 2.05) is 121 Å². The van der Waals surface area contributed by atoms with Gasteiger partial charge in [0.25, 0.3) is 0 Å². The average Bonchev–Trinajstić information content (AvgIpc) is 4.00. The largest absolute Gasteiger partial charge is 0.308 e. The van der Waals surface area contributed by atoms with Crippen LogP contribution in [0.4, 0.5) is 0 Å². The average molecular weight is 737 g/mol. The first-order valence-corrected chi connectivity index (χ1v) is 18.6. The third-order valence-electron chi connectivity index (χ3n) is 10.8. The lowest BCUT2D eigenvalue weighted by Crippen LogP contribution is -2.11. The Hall–Kier alpha value is -7.83. The van der Waals surface area contributed by atoms with Gasteiger partial charge >= 0.3 is 0 Å². The molecule has 0 bridgehead atoms. The lowest BCUT2D eigenvalue weighted by molar-refractivity contribution is 0.892. The molecule has 0 unspecified atom stereocenters. The molecule has 8 aromatic carbocycles. The van der Waals surface area contributed by atoms with E-state index in [-0.39, 0.29) is 65.0 Å². The number of para-hydroxylation sites is 6. The van der Waals surface area contributed by atoms with Crippen molar-refractivity contribution in [3.05, 3.63) is 194 Å². The highest BCUT2D eigenvalue weighted by Crippen LogP contribution is 2.41. The van der Waals surface area contributed by atoms with Gasteiger partial charge < -0.3 is 4.57 Å². The van der Waals surface area contributed by atoms with Crippen LogP contribution in [0.25, 0.3) is 106 Å². The van der Waals surface area contributed by atoms with Crippen LogP contribution in [-0.4, -0.2) is 28.7 Å². The lowest BCUT2D eigenvalue weighted by atomic mass is 9.97. The zero-order valence-corrected chi connectivity index (χ0v) is 30.0. The van der Waals surface area contributed by atoms with Gasteiger partial charge in [0.1, 0.15) is 0 Å². The number of benzene rings is 8. The summed E-state index contributed by atoms with van der Waals surface area (Å²) in [6, 6.07) is 44.4. The van der Waals surface area contributed by atoms with E-state index >= 15 is 0 Å². The normalized spacial score (nSPS) is 13.8. The summed E-state index contributed by atoms with van der Waals surface area (Å²) in [6.07, 6.45) is 0. The highest BCUT2D eigenvalue weighted by atomic mass is 15.3. The second-order valence-corrected chi connectivity index (χ2v) is 13.8. The molecule has 0 saturated carbocycles. The topological polar surface area (TPSA) is 53.5 Å². The van der Waals surface area contributed by atoms with Crippen molar-refractivity contribution in [3.63, 3.8) is 0 Å². The van der Waals surface area contributed by atoms with E-state index in [1.165, 1.54) is 0 Å². The Morgan fingerprint density at radius 1 is 0.351 bits per heavy atom. The minimum Gasteiger partial charge on any atom is -0.308 e.